The molecular weight excluding hydrogens is 162 g/mol. The van der Waals surface area contributed by atoms with Gasteiger partial charge in [-0.2, -0.15) is 5.26 Å². The van der Waals surface area contributed by atoms with Gasteiger partial charge in [-0.1, -0.05) is 12.1 Å². The van der Waals surface area contributed by atoms with Gasteiger partial charge in [-0.3, -0.25) is 0 Å². The van der Waals surface area contributed by atoms with Crippen LogP contribution >= 0.6 is 0 Å². The van der Waals surface area contributed by atoms with Crippen molar-refractivity contribution < 1.29 is 5.11 Å². The van der Waals surface area contributed by atoms with Crippen molar-refractivity contribution in [2.24, 2.45) is 0 Å². The Kier molecular flexibility index (Phi) is 1.64. The predicted molar refractivity (Wildman–Crippen MR) is 50.3 cm³/mol. The summed E-state index contributed by atoms with van der Waals surface area (Å²) in [5, 5.41) is 19.8. The van der Waals surface area contributed by atoms with Crippen LogP contribution in [0.5, 0.6) is 5.75 Å². The summed E-state index contributed by atoms with van der Waals surface area (Å²) in [5.74, 6) is 0.252. The third kappa shape index (κ3) is 1.21. The van der Waals surface area contributed by atoms with E-state index < -0.39 is 0 Å². The van der Waals surface area contributed by atoms with Gasteiger partial charge in [0.25, 0.3) is 0 Å². The fourth-order valence-corrected chi connectivity index (χ4v) is 1.34. The topological polar surface area (TPSA) is 44.0 Å². The summed E-state index contributed by atoms with van der Waals surface area (Å²) in [6, 6.07) is 12.5. The zero-order valence-electron chi connectivity index (χ0n) is 6.86. The van der Waals surface area contributed by atoms with Gasteiger partial charge in [0.15, 0.2) is 0 Å². The van der Waals surface area contributed by atoms with Crippen LogP contribution in [0.4, 0.5) is 0 Å². The quantitative estimate of drug-likeness (QED) is 0.658. The normalized spacial score (nSPS) is 9.77. The van der Waals surface area contributed by atoms with Crippen molar-refractivity contribution >= 4 is 10.8 Å². The van der Waals surface area contributed by atoms with Gasteiger partial charge in [0, 0.05) is 5.39 Å². The molecule has 0 spiro atoms. The number of hydrogen-bond donors (Lipinski definition) is 1. The van der Waals surface area contributed by atoms with Crippen LogP contribution in [0.15, 0.2) is 36.4 Å². The molecule has 0 bridgehead atoms. The highest BCUT2D eigenvalue weighted by Crippen LogP contribution is 2.24. The maximum absolute atomic E-state index is 9.45. The highest BCUT2D eigenvalue weighted by Gasteiger charge is 1.98. The van der Waals surface area contributed by atoms with Gasteiger partial charge in [0.2, 0.25) is 0 Å². The van der Waals surface area contributed by atoms with Crippen LogP contribution in [0, 0.1) is 11.3 Å². The first-order valence-electron chi connectivity index (χ1n) is 3.93. The van der Waals surface area contributed by atoms with Crippen molar-refractivity contribution in [2.45, 2.75) is 0 Å². The van der Waals surface area contributed by atoms with E-state index in [-0.39, 0.29) is 5.75 Å². The molecular formula is C11H7NO. The standard InChI is InChI=1S/C11H7NO/c12-7-8-4-5-10-9(6-8)2-1-3-11(10)13/h1-6,13H. The number of phenolic OH excluding ortho intramolecular Hbond substituents is 1. The van der Waals surface area contributed by atoms with Crippen molar-refractivity contribution in [3.63, 3.8) is 0 Å². The zero-order valence-corrected chi connectivity index (χ0v) is 6.86. The highest BCUT2D eigenvalue weighted by molar-refractivity contribution is 5.88. The van der Waals surface area contributed by atoms with Crippen molar-refractivity contribution in [3.8, 4) is 11.8 Å². The Morgan fingerprint density at radius 2 is 2.00 bits per heavy atom. The largest absolute Gasteiger partial charge is 0.507 e. The second kappa shape index (κ2) is 2.80. The Bertz CT molecular complexity index is 497. The summed E-state index contributed by atoms with van der Waals surface area (Å²) in [5.41, 5.74) is 0.609. The molecule has 0 aromatic heterocycles. The smallest absolute Gasteiger partial charge is 0.123 e. The van der Waals surface area contributed by atoms with Crippen LogP contribution in [0.25, 0.3) is 10.8 Å². The maximum Gasteiger partial charge on any atom is 0.123 e. The van der Waals surface area contributed by atoms with Gasteiger partial charge in [0.1, 0.15) is 5.75 Å². The molecule has 2 aromatic rings. The van der Waals surface area contributed by atoms with Gasteiger partial charge in [-0.25, -0.2) is 0 Å². The molecule has 1 N–H and O–H groups in total. The molecule has 0 atom stereocenters. The van der Waals surface area contributed by atoms with Crippen molar-refractivity contribution in [1.29, 1.82) is 5.26 Å². The summed E-state index contributed by atoms with van der Waals surface area (Å²) < 4.78 is 0. The first-order chi connectivity index (χ1) is 6.31. The minimum absolute atomic E-state index is 0.252. The molecule has 0 aliphatic rings. The molecule has 2 nitrogen and oxygen atoms in total. The van der Waals surface area contributed by atoms with E-state index in [0.717, 1.165) is 10.8 Å². The van der Waals surface area contributed by atoms with Crippen molar-refractivity contribution in [1.82, 2.24) is 0 Å². The SMILES string of the molecule is N#Cc1ccc2c(O)cccc2c1. The zero-order chi connectivity index (χ0) is 9.26. The minimum atomic E-state index is 0.252. The van der Waals surface area contributed by atoms with Gasteiger partial charge in [-0.15, -0.1) is 0 Å². The highest BCUT2D eigenvalue weighted by atomic mass is 16.3. The molecule has 2 heteroatoms. The molecule has 13 heavy (non-hydrogen) atoms. The third-order valence-electron chi connectivity index (χ3n) is 1.99. The number of hydrogen-bond acceptors (Lipinski definition) is 2. The lowest BCUT2D eigenvalue weighted by molar-refractivity contribution is 0.481. The van der Waals surface area contributed by atoms with E-state index in [0.29, 0.717) is 5.56 Å². The fraction of sp³-hybridized carbons (Fsp3) is 0. The number of nitrogens with zero attached hydrogens (tertiary/aromatic N) is 1. The van der Waals surface area contributed by atoms with Crippen molar-refractivity contribution in [2.75, 3.05) is 0 Å². The molecule has 2 aromatic carbocycles. The molecule has 0 radical (unpaired) electrons. The third-order valence-corrected chi connectivity index (χ3v) is 1.99. The monoisotopic (exact) mass is 169 g/mol. The van der Waals surface area contributed by atoms with Crippen LogP contribution in [0.1, 0.15) is 5.56 Å². The second-order valence-electron chi connectivity index (χ2n) is 2.82. The van der Waals surface area contributed by atoms with E-state index in [4.69, 9.17) is 5.26 Å². The summed E-state index contributed by atoms with van der Waals surface area (Å²) >= 11 is 0. The van der Waals surface area contributed by atoms with Crippen LogP contribution in [0.3, 0.4) is 0 Å². The molecule has 0 aliphatic carbocycles. The molecule has 0 heterocycles. The van der Waals surface area contributed by atoms with Crippen LogP contribution in [-0.2, 0) is 0 Å². The van der Waals surface area contributed by atoms with E-state index in [9.17, 15) is 5.11 Å². The Hall–Kier alpha value is -2.01. The molecule has 2 rings (SSSR count). The summed E-state index contributed by atoms with van der Waals surface area (Å²) in [6.07, 6.45) is 0. The van der Waals surface area contributed by atoms with E-state index in [1.54, 1.807) is 30.3 Å². The number of fused-ring (bicyclic) bond motifs is 1. The number of benzene rings is 2. The average Bonchev–Trinajstić information content (AvgIpc) is 2.18. The average molecular weight is 169 g/mol. The van der Waals surface area contributed by atoms with Gasteiger partial charge >= 0.3 is 0 Å². The first kappa shape index (κ1) is 7.63. The van der Waals surface area contributed by atoms with E-state index in [1.165, 1.54) is 0 Å². The maximum atomic E-state index is 9.45. The molecule has 0 unspecified atom stereocenters. The van der Waals surface area contributed by atoms with Crippen LogP contribution in [0.2, 0.25) is 0 Å². The Labute approximate surface area is 75.7 Å². The van der Waals surface area contributed by atoms with Crippen LogP contribution in [-0.4, -0.2) is 5.11 Å². The molecule has 0 saturated carbocycles. The Morgan fingerprint density at radius 3 is 2.77 bits per heavy atom. The lowest BCUT2D eigenvalue weighted by atomic mass is 10.1. The molecule has 0 aliphatic heterocycles. The summed E-state index contributed by atoms with van der Waals surface area (Å²) in [6.45, 7) is 0. The number of rotatable bonds is 0. The summed E-state index contributed by atoms with van der Waals surface area (Å²) in [7, 11) is 0. The Balaban J connectivity index is 2.82. The lowest BCUT2D eigenvalue weighted by Crippen LogP contribution is -1.76. The minimum Gasteiger partial charge on any atom is -0.507 e. The molecule has 0 amide bonds. The molecule has 0 fully saturated rings. The van der Waals surface area contributed by atoms with E-state index in [1.807, 2.05) is 6.07 Å². The van der Waals surface area contributed by atoms with Crippen LogP contribution < -0.4 is 0 Å². The van der Waals surface area contributed by atoms with Crippen molar-refractivity contribution in [3.05, 3.63) is 42.0 Å². The second-order valence-corrected chi connectivity index (χ2v) is 2.82. The Morgan fingerprint density at radius 1 is 1.15 bits per heavy atom. The number of phenols is 1. The summed E-state index contributed by atoms with van der Waals surface area (Å²) in [4.78, 5) is 0. The van der Waals surface area contributed by atoms with Gasteiger partial charge < -0.3 is 5.11 Å². The molecule has 62 valence electrons. The number of aromatic hydroxyl groups is 1. The first-order valence-corrected chi connectivity index (χ1v) is 3.93. The number of nitriles is 1. The molecule has 0 saturated heterocycles. The fourth-order valence-electron chi connectivity index (χ4n) is 1.34. The lowest BCUT2D eigenvalue weighted by Gasteiger charge is -1.99. The predicted octanol–water partition coefficient (Wildman–Crippen LogP) is 2.42. The van der Waals surface area contributed by atoms with E-state index >= 15 is 0 Å². The van der Waals surface area contributed by atoms with Gasteiger partial charge in [-0.05, 0) is 29.7 Å². The van der Waals surface area contributed by atoms with Gasteiger partial charge in [0.05, 0.1) is 11.6 Å². The van der Waals surface area contributed by atoms with E-state index in [2.05, 4.69) is 6.07 Å².